The number of nitrogens with zero attached hydrogens (tertiary/aromatic N) is 4. The Labute approximate surface area is 143 Å². The number of amides is 1. The van der Waals surface area contributed by atoms with E-state index in [0.29, 0.717) is 13.0 Å². The molecule has 24 heavy (non-hydrogen) atoms. The minimum atomic E-state index is 0.228. The Bertz CT molecular complexity index is 585. The zero-order chi connectivity index (χ0) is 16.9. The Hall–Kier alpha value is -2.05. The van der Waals surface area contributed by atoms with Crippen molar-refractivity contribution in [1.82, 2.24) is 25.1 Å². The first kappa shape index (κ1) is 16.8. The average molecular weight is 332 g/mol. The van der Waals surface area contributed by atoms with Crippen LogP contribution < -0.4 is 10.6 Å². The number of fused-ring (bicyclic) bond motifs is 1. The number of imidazole rings is 1. The van der Waals surface area contributed by atoms with Gasteiger partial charge in [-0.1, -0.05) is 6.92 Å². The number of carbonyl (C=O) groups is 1. The highest BCUT2D eigenvalue weighted by Gasteiger charge is 2.25. The summed E-state index contributed by atoms with van der Waals surface area (Å²) in [6.07, 6.45) is 7.24. The fourth-order valence-corrected chi connectivity index (χ4v) is 3.45. The molecular weight excluding hydrogens is 304 g/mol. The summed E-state index contributed by atoms with van der Waals surface area (Å²) >= 11 is 0. The van der Waals surface area contributed by atoms with Gasteiger partial charge >= 0.3 is 0 Å². The van der Waals surface area contributed by atoms with Crippen molar-refractivity contribution < 1.29 is 4.79 Å². The van der Waals surface area contributed by atoms with Crippen molar-refractivity contribution >= 4 is 11.9 Å². The summed E-state index contributed by atoms with van der Waals surface area (Å²) in [6, 6.07) is 0.266. The summed E-state index contributed by atoms with van der Waals surface area (Å²) < 4.78 is 2.27. The molecule has 7 heteroatoms. The number of carbonyl (C=O) groups excluding carboxylic acids is 1. The van der Waals surface area contributed by atoms with Crippen molar-refractivity contribution in [3.05, 3.63) is 17.7 Å². The van der Waals surface area contributed by atoms with Gasteiger partial charge in [0.2, 0.25) is 5.91 Å². The first-order valence-electron chi connectivity index (χ1n) is 8.99. The van der Waals surface area contributed by atoms with Crippen LogP contribution in [-0.4, -0.2) is 52.5 Å². The van der Waals surface area contributed by atoms with E-state index in [4.69, 9.17) is 4.98 Å². The van der Waals surface area contributed by atoms with Crippen LogP contribution in [0.3, 0.4) is 0 Å². The summed E-state index contributed by atoms with van der Waals surface area (Å²) in [5.74, 6) is 2.20. The Balaban J connectivity index is 1.49. The smallest absolute Gasteiger partial charge is 0.222 e. The minimum absolute atomic E-state index is 0.228. The van der Waals surface area contributed by atoms with Gasteiger partial charge in [-0.2, -0.15) is 0 Å². The van der Waals surface area contributed by atoms with Crippen LogP contribution in [0.4, 0.5) is 0 Å². The lowest BCUT2D eigenvalue weighted by atomic mass is 10.2. The normalized spacial score (nSPS) is 20.8. The maximum absolute atomic E-state index is 11.8. The number of rotatable bonds is 4. The van der Waals surface area contributed by atoms with Crippen molar-refractivity contribution in [2.24, 2.45) is 4.99 Å². The van der Waals surface area contributed by atoms with E-state index in [9.17, 15) is 4.79 Å². The average Bonchev–Trinajstić information content (AvgIpc) is 3.24. The molecule has 7 nitrogen and oxygen atoms in total. The molecule has 1 atom stereocenters. The quantitative estimate of drug-likeness (QED) is 0.634. The number of guanidine groups is 1. The lowest BCUT2D eigenvalue weighted by molar-refractivity contribution is -0.129. The van der Waals surface area contributed by atoms with E-state index in [1.807, 2.05) is 11.8 Å². The highest BCUT2D eigenvalue weighted by Crippen LogP contribution is 2.14. The molecule has 0 aromatic carbocycles. The summed E-state index contributed by atoms with van der Waals surface area (Å²) in [4.78, 5) is 22.7. The zero-order valence-electron chi connectivity index (χ0n) is 14.7. The largest absolute Gasteiger partial charge is 0.352 e. The van der Waals surface area contributed by atoms with Crippen LogP contribution in [0.15, 0.2) is 11.2 Å². The number of nitrogens with one attached hydrogen (secondary N) is 2. The molecule has 1 fully saturated rings. The van der Waals surface area contributed by atoms with Crippen molar-refractivity contribution in [2.75, 3.05) is 20.1 Å². The molecule has 0 bridgehead atoms. The van der Waals surface area contributed by atoms with E-state index in [2.05, 4.69) is 26.4 Å². The summed E-state index contributed by atoms with van der Waals surface area (Å²) in [6.45, 7) is 5.25. The predicted molar refractivity (Wildman–Crippen MR) is 93.8 cm³/mol. The van der Waals surface area contributed by atoms with Crippen LogP contribution in [0.25, 0.3) is 0 Å². The number of hydrogen-bond donors (Lipinski definition) is 2. The topological polar surface area (TPSA) is 74.6 Å². The number of aryl methyl sites for hydroxylation is 2. The van der Waals surface area contributed by atoms with Gasteiger partial charge in [0.15, 0.2) is 5.96 Å². The molecule has 1 saturated heterocycles. The van der Waals surface area contributed by atoms with Gasteiger partial charge in [-0.05, 0) is 19.3 Å². The summed E-state index contributed by atoms with van der Waals surface area (Å²) in [7, 11) is 1.78. The van der Waals surface area contributed by atoms with Gasteiger partial charge in [0.1, 0.15) is 5.82 Å². The second kappa shape index (κ2) is 7.68. The fraction of sp³-hybridized carbons (Fsp3) is 0.706. The van der Waals surface area contributed by atoms with Gasteiger partial charge in [0.25, 0.3) is 0 Å². The first-order chi connectivity index (χ1) is 11.7. The second-order valence-corrected chi connectivity index (χ2v) is 6.55. The first-order valence-corrected chi connectivity index (χ1v) is 8.99. The molecule has 2 N–H and O–H groups in total. The zero-order valence-corrected chi connectivity index (χ0v) is 14.7. The standard InChI is InChI=1S/C17H28N6O/c1-3-16(24)23-9-7-13(11-23)21-17(18-2)19-10-14-12-22-8-5-4-6-15(22)20-14/h12-13H,3-11H2,1-2H3,(H2,18,19,21). The number of hydrogen-bond acceptors (Lipinski definition) is 3. The third kappa shape index (κ3) is 3.88. The lowest BCUT2D eigenvalue weighted by Gasteiger charge is -2.18. The van der Waals surface area contributed by atoms with Gasteiger partial charge in [-0.25, -0.2) is 4.98 Å². The Kier molecular flexibility index (Phi) is 5.37. The van der Waals surface area contributed by atoms with E-state index in [0.717, 1.165) is 44.1 Å². The van der Waals surface area contributed by atoms with Crippen molar-refractivity contribution in [3.8, 4) is 0 Å². The Morgan fingerprint density at radius 3 is 3.04 bits per heavy atom. The molecule has 1 aromatic rings. The molecule has 0 spiro atoms. The molecule has 1 amide bonds. The van der Waals surface area contributed by atoms with Gasteiger partial charge in [0.05, 0.1) is 12.2 Å². The molecule has 3 heterocycles. The Morgan fingerprint density at radius 2 is 2.29 bits per heavy atom. The SMILES string of the molecule is CCC(=O)N1CCC(NC(=NC)NCc2cn3c(n2)CCCC3)C1. The van der Waals surface area contributed by atoms with E-state index in [1.54, 1.807) is 7.05 Å². The summed E-state index contributed by atoms with van der Waals surface area (Å²) in [5, 5.41) is 6.76. The molecular formula is C17H28N6O. The van der Waals surface area contributed by atoms with E-state index in [-0.39, 0.29) is 11.9 Å². The highest BCUT2D eigenvalue weighted by atomic mass is 16.2. The van der Waals surface area contributed by atoms with Crippen LogP contribution in [0, 0.1) is 0 Å². The number of aromatic nitrogens is 2. The van der Waals surface area contributed by atoms with E-state index >= 15 is 0 Å². The summed E-state index contributed by atoms with van der Waals surface area (Å²) in [5.41, 5.74) is 1.06. The maximum atomic E-state index is 11.8. The molecule has 132 valence electrons. The molecule has 0 aliphatic carbocycles. The van der Waals surface area contributed by atoms with Gasteiger partial charge in [-0.3, -0.25) is 9.79 Å². The van der Waals surface area contributed by atoms with Crippen LogP contribution >= 0.6 is 0 Å². The second-order valence-electron chi connectivity index (χ2n) is 6.55. The fourth-order valence-electron chi connectivity index (χ4n) is 3.45. The monoisotopic (exact) mass is 332 g/mol. The molecule has 0 saturated carbocycles. The molecule has 2 aliphatic heterocycles. The van der Waals surface area contributed by atoms with Crippen molar-refractivity contribution in [3.63, 3.8) is 0 Å². The van der Waals surface area contributed by atoms with Crippen LogP contribution in [-0.2, 0) is 24.3 Å². The molecule has 0 radical (unpaired) electrons. The number of aliphatic imine (C=N–C) groups is 1. The molecule has 3 rings (SSSR count). The van der Waals surface area contributed by atoms with Gasteiger partial charge in [0, 0.05) is 51.8 Å². The van der Waals surface area contributed by atoms with Crippen LogP contribution in [0.5, 0.6) is 0 Å². The third-order valence-corrected chi connectivity index (χ3v) is 4.80. The predicted octanol–water partition coefficient (Wildman–Crippen LogP) is 0.895. The number of likely N-dealkylation sites (tertiary alicyclic amines) is 1. The van der Waals surface area contributed by atoms with Crippen LogP contribution in [0.1, 0.15) is 44.1 Å². The van der Waals surface area contributed by atoms with Gasteiger partial charge in [-0.15, -0.1) is 0 Å². The van der Waals surface area contributed by atoms with Crippen LogP contribution in [0.2, 0.25) is 0 Å². The van der Waals surface area contributed by atoms with E-state index < -0.39 is 0 Å². The van der Waals surface area contributed by atoms with E-state index in [1.165, 1.54) is 18.7 Å². The lowest BCUT2D eigenvalue weighted by Crippen LogP contribution is -2.44. The molecule has 1 unspecified atom stereocenters. The molecule has 2 aliphatic rings. The minimum Gasteiger partial charge on any atom is -0.352 e. The third-order valence-electron chi connectivity index (χ3n) is 4.80. The van der Waals surface area contributed by atoms with Crippen molar-refractivity contribution in [1.29, 1.82) is 0 Å². The maximum Gasteiger partial charge on any atom is 0.222 e. The highest BCUT2D eigenvalue weighted by molar-refractivity contribution is 5.80. The Morgan fingerprint density at radius 1 is 1.42 bits per heavy atom. The van der Waals surface area contributed by atoms with Gasteiger partial charge < -0.3 is 20.1 Å². The molecule has 1 aromatic heterocycles. The van der Waals surface area contributed by atoms with Crippen molar-refractivity contribution in [2.45, 2.75) is 58.2 Å².